The highest BCUT2D eigenvalue weighted by Crippen LogP contribution is 2.38. The number of carboxylic acid groups (broad SMARTS) is 1. The number of ether oxygens (including phenoxy) is 1. The van der Waals surface area contributed by atoms with Crippen LogP contribution in [0.3, 0.4) is 0 Å². The Balaban J connectivity index is 2.52. The average molecular weight is 271 g/mol. The van der Waals surface area contributed by atoms with Gasteiger partial charge in [-0.3, -0.25) is 9.59 Å². The molecule has 1 saturated carbocycles. The van der Waals surface area contributed by atoms with E-state index in [9.17, 15) is 14.7 Å². The molecule has 1 fully saturated rings. The van der Waals surface area contributed by atoms with Crippen LogP contribution in [0.4, 0.5) is 0 Å². The molecule has 0 heterocycles. The Morgan fingerprint density at radius 2 is 2.00 bits per heavy atom. The lowest BCUT2D eigenvalue weighted by Crippen LogP contribution is -2.38. The molecule has 0 aromatic carbocycles. The van der Waals surface area contributed by atoms with Gasteiger partial charge in [0.15, 0.2) is 0 Å². The highest BCUT2D eigenvalue weighted by Gasteiger charge is 2.41. The molecule has 19 heavy (non-hydrogen) atoms. The van der Waals surface area contributed by atoms with Crippen LogP contribution < -0.4 is 5.32 Å². The van der Waals surface area contributed by atoms with Crippen molar-refractivity contribution in [1.29, 1.82) is 0 Å². The molecule has 0 spiro atoms. The van der Waals surface area contributed by atoms with Crippen LogP contribution in [-0.2, 0) is 14.3 Å². The molecular weight excluding hydrogens is 246 g/mol. The summed E-state index contributed by atoms with van der Waals surface area (Å²) in [6.45, 7) is 5.16. The molecular formula is C14H25NO4. The van der Waals surface area contributed by atoms with Gasteiger partial charge in [0.25, 0.3) is 0 Å². The zero-order valence-corrected chi connectivity index (χ0v) is 12.0. The molecule has 1 amide bonds. The summed E-state index contributed by atoms with van der Waals surface area (Å²) in [6, 6.07) is 0. The van der Waals surface area contributed by atoms with Gasteiger partial charge in [0, 0.05) is 13.7 Å². The maximum atomic E-state index is 12.1. The van der Waals surface area contributed by atoms with Crippen molar-refractivity contribution in [3.63, 3.8) is 0 Å². The second-order valence-electron chi connectivity index (χ2n) is 5.60. The molecule has 110 valence electrons. The van der Waals surface area contributed by atoms with Crippen LogP contribution in [0.2, 0.25) is 0 Å². The number of carboxylic acids is 1. The molecule has 1 aliphatic rings. The second-order valence-corrected chi connectivity index (χ2v) is 5.60. The fourth-order valence-electron chi connectivity index (χ4n) is 2.79. The quantitative estimate of drug-likeness (QED) is 0.736. The predicted octanol–water partition coefficient (Wildman–Crippen LogP) is 1.52. The van der Waals surface area contributed by atoms with Gasteiger partial charge in [0.05, 0.1) is 18.4 Å². The van der Waals surface area contributed by atoms with Crippen molar-refractivity contribution in [2.75, 3.05) is 20.3 Å². The first kappa shape index (κ1) is 16.0. The number of rotatable bonds is 7. The molecule has 1 rings (SSSR count). The Morgan fingerprint density at radius 1 is 1.37 bits per heavy atom. The minimum Gasteiger partial charge on any atom is -0.481 e. The number of aliphatic carboxylic acids is 1. The highest BCUT2D eigenvalue weighted by atomic mass is 16.5. The van der Waals surface area contributed by atoms with E-state index in [4.69, 9.17) is 4.74 Å². The van der Waals surface area contributed by atoms with Crippen molar-refractivity contribution in [3.8, 4) is 0 Å². The van der Waals surface area contributed by atoms with Crippen molar-refractivity contribution in [1.82, 2.24) is 5.32 Å². The maximum absolute atomic E-state index is 12.1. The van der Waals surface area contributed by atoms with Crippen LogP contribution in [0.15, 0.2) is 0 Å². The summed E-state index contributed by atoms with van der Waals surface area (Å²) < 4.78 is 5.01. The van der Waals surface area contributed by atoms with Gasteiger partial charge in [-0.2, -0.15) is 0 Å². The number of hydrogen-bond acceptors (Lipinski definition) is 3. The Morgan fingerprint density at radius 3 is 2.53 bits per heavy atom. The summed E-state index contributed by atoms with van der Waals surface area (Å²) in [7, 11) is 1.63. The minimum absolute atomic E-state index is 0.119. The molecule has 0 radical (unpaired) electrons. The van der Waals surface area contributed by atoms with E-state index >= 15 is 0 Å². The first-order chi connectivity index (χ1) is 8.99. The third-order valence-electron chi connectivity index (χ3n) is 3.97. The average Bonchev–Trinajstić information content (AvgIpc) is 2.80. The zero-order chi connectivity index (χ0) is 14.4. The zero-order valence-electron chi connectivity index (χ0n) is 12.0. The van der Waals surface area contributed by atoms with E-state index in [-0.39, 0.29) is 17.7 Å². The van der Waals surface area contributed by atoms with Crippen LogP contribution in [0, 0.1) is 23.7 Å². The molecule has 5 heteroatoms. The Bertz CT molecular complexity index is 319. The Hall–Kier alpha value is -1.10. The summed E-state index contributed by atoms with van der Waals surface area (Å²) in [4.78, 5) is 23.3. The van der Waals surface area contributed by atoms with E-state index in [0.29, 0.717) is 31.9 Å². The molecule has 0 bridgehead atoms. The highest BCUT2D eigenvalue weighted by molar-refractivity contribution is 5.85. The molecule has 5 nitrogen and oxygen atoms in total. The van der Waals surface area contributed by atoms with Gasteiger partial charge < -0.3 is 15.2 Å². The molecule has 0 saturated heterocycles. The molecule has 4 atom stereocenters. The van der Waals surface area contributed by atoms with Crippen LogP contribution in [0.25, 0.3) is 0 Å². The lowest BCUT2D eigenvalue weighted by atomic mass is 9.95. The standard InChI is InChI=1S/C14H25NO4/c1-4-10-5-11(12(6-10)14(17)18)13(16)15-7-9(2)8-19-3/h9-12H,4-8H2,1-3H3,(H,15,16)(H,17,18). The molecule has 0 aromatic heterocycles. The van der Waals surface area contributed by atoms with Crippen molar-refractivity contribution >= 4 is 11.9 Å². The number of nitrogens with one attached hydrogen (secondary N) is 1. The number of amides is 1. The fourth-order valence-corrected chi connectivity index (χ4v) is 2.79. The molecule has 4 unspecified atom stereocenters. The fraction of sp³-hybridized carbons (Fsp3) is 0.857. The summed E-state index contributed by atoms with van der Waals surface area (Å²) in [5, 5.41) is 12.1. The van der Waals surface area contributed by atoms with Crippen molar-refractivity contribution < 1.29 is 19.4 Å². The Labute approximate surface area is 114 Å². The molecule has 0 aromatic rings. The number of hydrogen-bond donors (Lipinski definition) is 2. The van der Waals surface area contributed by atoms with Crippen molar-refractivity contribution in [2.24, 2.45) is 23.7 Å². The van der Waals surface area contributed by atoms with E-state index < -0.39 is 11.9 Å². The monoisotopic (exact) mass is 271 g/mol. The van der Waals surface area contributed by atoms with Gasteiger partial charge >= 0.3 is 5.97 Å². The smallest absolute Gasteiger partial charge is 0.307 e. The Kier molecular flexibility index (Phi) is 6.28. The predicted molar refractivity (Wildman–Crippen MR) is 71.7 cm³/mol. The minimum atomic E-state index is -0.846. The van der Waals surface area contributed by atoms with Gasteiger partial charge in [0.2, 0.25) is 5.91 Å². The van der Waals surface area contributed by atoms with E-state index in [0.717, 1.165) is 6.42 Å². The summed E-state index contributed by atoms with van der Waals surface area (Å²) in [6.07, 6.45) is 2.25. The summed E-state index contributed by atoms with van der Waals surface area (Å²) >= 11 is 0. The van der Waals surface area contributed by atoms with Crippen LogP contribution in [0.5, 0.6) is 0 Å². The van der Waals surface area contributed by atoms with Gasteiger partial charge in [-0.25, -0.2) is 0 Å². The van der Waals surface area contributed by atoms with Crippen LogP contribution >= 0.6 is 0 Å². The first-order valence-electron chi connectivity index (χ1n) is 6.99. The first-order valence-corrected chi connectivity index (χ1v) is 6.99. The topological polar surface area (TPSA) is 75.6 Å². The summed E-state index contributed by atoms with van der Waals surface area (Å²) in [5.41, 5.74) is 0. The molecule has 2 N–H and O–H groups in total. The normalized spacial score (nSPS) is 28.1. The lowest BCUT2D eigenvalue weighted by Gasteiger charge is -2.17. The number of methoxy groups -OCH3 is 1. The molecule has 1 aliphatic carbocycles. The lowest BCUT2D eigenvalue weighted by molar-refractivity contribution is -0.146. The third kappa shape index (κ3) is 4.49. The van der Waals surface area contributed by atoms with Gasteiger partial charge in [-0.1, -0.05) is 20.3 Å². The van der Waals surface area contributed by atoms with E-state index in [1.54, 1.807) is 7.11 Å². The van der Waals surface area contributed by atoms with Gasteiger partial charge in [0.1, 0.15) is 0 Å². The van der Waals surface area contributed by atoms with Crippen molar-refractivity contribution in [2.45, 2.75) is 33.1 Å². The van der Waals surface area contributed by atoms with Gasteiger partial charge in [-0.05, 0) is 24.7 Å². The van der Waals surface area contributed by atoms with Crippen LogP contribution in [-0.4, -0.2) is 37.2 Å². The van der Waals surface area contributed by atoms with E-state index in [2.05, 4.69) is 5.32 Å². The SMILES string of the molecule is CCC1CC(C(=O)O)C(C(=O)NCC(C)COC)C1. The largest absolute Gasteiger partial charge is 0.481 e. The van der Waals surface area contributed by atoms with E-state index in [1.807, 2.05) is 13.8 Å². The second kappa shape index (κ2) is 7.48. The van der Waals surface area contributed by atoms with Crippen molar-refractivity contribution in [3.05, 3.63) is 0 Å². The maximum Gasteiger partial charge on any atom is 0.307 e. The van der Waals surface area contributed by atoms with Gasteiger partial charge in [-0.15, -0.1) is 0 Å². The number of carbonyl (C=O) groups is 2. The summed E-state index contributed by atoms with van der Waals surface area (Å²) in [5.74, 6) is -1.28. The van der Waals surface area contributed by atoms with E-state index in [1.165, 1.54) is 0 Å². The number of carbonyl (C=O) groups excluding carboxylic acids is 1. The van der Waals surface area contributed by atoms with Crippen LogP contribution in [0.1, 0.15) is 33.1 Å². The molecule has 0 aliphatic heterocycles. The third-order valence-corrected chi connectivity index (χ3v) is 3.97.